The Morgan fingerprint density at radius 1 is 1.32 bits per heavy atom. The third-order valence-corrected chi connectivity index (χ3v) is 3.05. The molecule has 2 rings (SSSR count). The van der Waals surface area contributed by atoms with E-state index in [0.717, 1.165) is 25.9 Å². The van der Waals surface area contributed by atoms with Crippen molar-refractivity contribution in [1.29, 1.82) is 0 Å². The van der Waals surface area contributed by atoms with Gasteiger partial charge in [0.05, 0.1) is 0 Å². The maximum Gasteiger partial charge on any atom is 0.270 e. The molecule has 1 aromatic heterocycles. The Balaban J connectivity index is 2.14. The van der Waals surface area contributed by atoms with Crippen LogP contribution < -0.4 is 5.32 Å². The first-order valence-corrected chi connectivity index (χ1v) is 6.64. The van der Waals surface area contributed by atoms with Crippen molar-refractivity contribution in [2.75, 3.05) is 13.1 Å². The van der Waals surface area contributed by atoms with Gasteiger partial charge in [0.1, 0.15) is 5.69 Å². The topological polar surface area (TPSA) is 62.3 Å². The van der Waals surface area contributed by atoms with Crippen LogP contribution in [0.1, 0.15) is 47.5 Å². The van der Waals surface area contributed by atoms with Gasteiger partial charge in [0.25, 0.3) is 11.8 Å². The van der Waals surface area contributed by atoms with E-state index < -0.39 is 0 Å². The molecule has 2 heterocycles. The monoisotopic (exact) mass is 261 g/mol. The zero-order chi connectivity index (χ0) is 13.8. The van der Waals surface area contributed by atoms with Crippen LogP contribution in [-0.2, 0) is 0 Å². The van der Waals surface area contributed by atoms with Crippen LogP contribution in [0.4, 0.5) is 0 Å². The summed E-state index contributed by atoms with van der Waals surface area (Å²) in [6.45, 7) is 5.37. The molecular formula is C14H19N3O2. The molecule has 1 saturated heterocycles. The van der Waals surface area contributed by atoms with Gasteiger partial charge in [-0.2, -0.15) is 0 Å². The summed E-state index contributed by atoms with van der Waals surface area (Å²) in [6, 6.07) is 3.28. The van der Waals surface area contributed by atoms with Crippen LogP contribution in [0.3, 0.4) is 0 Å². The lowest BCUT2D eigenvalue weighted by molar-refractivity contribution is 0.0792. The first kappa shape index (κ1) is 13.5. The third-order valence-electron chi connectivity index (χ3n) is 3.05. The molecule has 1 aliphatic rings. The molecule has 0 radical (unpaired) electrons. The van der Waals surface area contributed by atoms with E-state index in [9.17, 15) is 9.59 Å². The standard InChI is InChI=1S/C14H19N3O2/c1-10(2)16-13(18)12-9-11(5-6-15-12)14(19)17-7-3-4-8-17/h5-6,9-10H,3-4,7-8H2,1-2H3,(H,16,18). The minimum atomic E-state index is -0.244. The number of carbonyl (C=O) groups excluding carboxylic acids is 2. The second-order valence-corrected chi connectivity index (χ2v) is 5.06. The maximum atomic E-state index is 12.2. The highest BCUT2D eigenvalue weighted by Crippen LogP contribution is 2.13. The Labute approximate surface area is 113 Å². The van der Waals surface area contributed by atoms with Crippen molar-refractivity contribution in [3.63, 3.8) is 0 Å². The highest BCUT2D eigenvalue weighted by atomic mass is 16.2. The number of likely N-dealkylation sites (tertiary alicyclic amines) is 1. The van der Waals surface area contributed by atoms with E-state index in [2.05, 4.69) is 10.3 Å². The van der Waals surface area contributed by atoms with Crippen molar-refractivity contribution in [3.05, 3.63) is 29.6 Å². The zero-order valence-corrected chi connectivity index (χ0v) is 11.3. The number of amides is 2. The summed E-state index contributed by atoms with van der Waals surface area (Å²) in [5, 5.41) is 2.77. The Kier molecular flexibility index (Phi) is 4.14. The fraction of sp³-hybridized carbons (Fsp3) is 0.500. The molecule has 19 heavy (non-hydrogen) atoms. The number of aromatic nitrogens is 1. The zero-order valence-electron chi connectivity index (χ0n) is 11.3. The minimum absolute atomic E-state index is 0.0153. The molecule has 0 aliphatic carbocycles. The summed E-state index contributed by atoms with van der Waals surface area (Å²) in [5.41, 5.74) is 0.824. The fourth-order valence-corrected chi connectivity index (χ4v) is 2.13. The molecule has 0 spiro atoms. The average Bonchev–Trinajstić information content (AvgIpc) is 2.91. The van der Waals surface area contributed by atoms with Crippen molar-refractivity contribution in [1.82, 2.24) is 15.2 Å². The lowest BCUT2D eigenvalue weighted by atomic mass is 10.2. The molecule has 5 nitrogen and oxygen atoms in total. The Hall–Kier alpha value is -1.91. The van der Waals surface area contributed by atoms with Crippen LogP contribution >= 0.6 is 0 Å². The van der Waals surface area contributed by atoms with Gasteiger partial charge in [-0.05, 0) is 38.8 Å². The predicted octanol–water partition coefficient (Wildman–Crippen LogP) is 1.46. The van der Waals surface area contributed by atoms with Gasteiger partial charge >= 0.3 is 0 Å². The molecule has 1 fully saturated rings. The summed E-state index contributed by atoms with van der Waals surface area (Å²) in [4.78, 5) is 29.9. The summed E-state index contributed by atoms with van der Waals surface area (Å²) >= 11 is 0. The normalized spacial score (nSPS) is 14.8. The van der Waals surface area contributed by atoms with E-state index in [1.54, 1.807) is 12.1 Å². The van der Waals surface area contributed by atoms with E-state index >= 15 is 0 Å². The minimum Gasteiger partial charge on any atom is -0.349 e. The molecule has 1 aromatic rings. The van der Waals surface area contributed by atoms with Crippen molar-refractivity contribution in [3.8, 4) is 0 Å². The van der Waals surface area contributed by atoms with Crippen molar-refractivity contribution < 1.29 is 9.59 Å². The van der Waals surface area contributed by atoms with Crippen LogP contribution in [0.25, 0.3) is 0 Å². The summed E-state index contributed by atoms with van der Waals surface area (Å²) in [7, 11) is 0. The van der Waals surface area contributed by atoms with E-state index in [1.165, 1.54) is 6.20 Å². The fourth-order valence-electron chi connectivity index (χ4n) is 2.13. The van der Waals surface area contributed by atoms with Gasteiger partial charge in [-0.1, -0.05) is 0 Å². The van der Waals surface area contributed by atoms with Crippen LogP contribution in [0.5, 0.6) is 0 Å². The number of rotatable bonds is 3. The largest absolute Gasteiger partial charge is 0.349 e. The second-order valence-electron chi connectivity index (χ2n) is 5.06. The van der Waals surface area contributed by atoms with E-state index in [1.807, 2.05) is 18.7 Å². The number of hydrogen-bond donors (Lipinski definition) is 1. The van der Waals surface area contributed by atoms with Crippen molar-refractivity contribution in [2.45, 2.75) is 32.7 Å². The summed E-state index contributed by atoms with van der Waals surface area (Å²) in [6.07, 6.45) is 3.62. The maximum absolute atomic E-state index is 12.2. The average molecular weight is 261 g/mol. The molecule has 2 amide bonds. The third kappa shape index (κ3) is 3.30. The quantitative estimate of drug-likeness (QED) is 0.896. The van der Waals surface area contributed by atoms with Crippen molar-refractivity contribution >= 4 is 11.8 Å². The van der Waals surface area contributed by atoms with Crippen LogP contribution in [-0.4, -0.2) is 40.8 Å². The molecule has 102 valence electrons. The van der Waals surface area contributed by atoms with E-state index in [-0.39, 0.29) is 17.9 Å². The molecule has 0 atom stereocenters. The number of nitrogens with one attached hydrogen (secondary N) is 1. The van der Waals surface area contributed by atoms with Crippen LogP contribution in [0.15, 0.2) is 18.3 Å². The Morgan fingerprint density at radius 2 is 2.00 bits per heavy atom. The lowest BCUT2D eigenvalue weighted by Crippen LogP contribution is -2.31. The Morgan fingerprint density at radius 3 is 2.63 bits per heavy atom. The van der Waals surface area contributed by atoms with Crippen LogP contribution in [0.2, 0.25) is 0 Å². The van der Waals surface area contributed by atoms with E-state index in [4.69, 9.17) is 0 Å². The molecule has 0 bridgehead atoms. The molecule has 1 aliphatic heterocycles. The molecule has 1 N–H and O–H groups in total. The highest BCUT2D eigenvalue weighted by molar-refractivity contribution is 5.98. The van der Waals surface area contributed by atoms with E-state index in [0.29, 0.717) is 11.3 Å². The SMILES string of the molecule is CC(C)NC(=O)c1cc(C(=O)N2CCCC2)ccn1. The Bertz CT molecular complexity index is 479. The molecular weight excluding hydrogens is 242 g/mol. The van der Waals surface area contributed by atoms with Crippen molar-refractivity contribution in [2.24, 2.45) is 0 Å². The van der Waals surface area contributed by atoms with Gasteiger partial charge in [-0.25, -0.2) is 0 Å². The van der Waals surface area contributed by atoms with Gasteiger partial charge in [-0.15, -0.1) is 0 Å². The van der Waals surface area contributed by atoms with Crippen LogP contribution in [0, 0.1) is 0 Å². The molecule has 0 aromatic carbocycles. The highest BCUT2D eigenvalue weighted by Gasteiger charge is 2.20. The van der Waals surface area contributed by atoms with Gasteiger partial charge in [0.15, 0.2) is 0 Å². The number of nitrogens with zero attached hydrogens (tertiary/aromatic N) is 2. The summed E-state index contributed by atoms with van der Waals surface area (Å²) in [5.74, 6) is -0.260. The number of hydrogen-bond acceptors (Lipinski definition) is 3. The molecule has 5 heteroatoms. The second kappa shape index (κ2) is 5.82. The lowest BCUT2D eigenvalue weighted by Gasteiger charge is -2.15. The number of carbonyl (C=O) groups is 2. The first-order valence-electron chi connectivity index (χ1n) is 6.64. The van der Waals surface area contributed by atoms with Gasteiger partial charge < -0.3 is 10.2 Å². The molecule has 0 unspecified atom stereocenters. The first-order chi connectivity index (χ1) is 9.08. The van der Waals surface area contributed by atoms with Gasteiger partial charge in [-0.3, -0.25) is 14.6 Å². The van der Waals surface area contributed by atoms with Gasteiger partial charge in [0.2, 0.25) is 0 Å². The summed E-state index contributed by atoms with van der Waals surface area (Å²) < 4.78 is 0. The predicted molar refractivity (Wildman–Crippen MR) is 72.0 cm³/mol. The number of pyridine rings is 1. The molecule has 0 saturated carbocycles. The van der Waals surface area contributed by atoms with Gasteiger partial charge in [0, 0.05) is 30.9 Å². The smallest absolute Gasteiger partial charge is 0.270 e.